The minimum atomic E-state index is -0.439. The Bertz CT molecular complexity index is 327. The predicted molar refractivity (Wildman–Crippen MR) is 72.9 cm³/mol. The van der Waals surface area contributed by atoms with Gasteiger partial charge in [-0.15, -0.1) is 6.58 Å². The molecule has 2 heterocycles. The van der Waals surface area contributed by atoms with Crippen LogP contribution in [-0.2, 0) is 14.3 Å². The van der Waals surface area contributed by atoms with Gasteiger partial charge in [0.25, 0.3) is 0 Å². The van der Waals surface area contributed by atoms with Crippen LogP contribution in [-0.4, -0.2) is 50.0 Å². The van der Waals surface area contributed by atoms with Gasteiger partial charge in [-0.05, 0) is 32.9 Å². The minimum Gasteiger partial charge on any atom is -0.372 e. The Hall–Kier alpha value is -0.910. The second-order valence-electron chi connectivity index (χ2n) is 5.38. The maximum absolute atomic E-state index is 11.7. The van der Waals surface area contributed by atoms with Gasteiger partial charge in [-0.2, -0.15) is 0 Å². The van der Waals surface area contributed by atoms with Crippen LogP contribution in [0.3, 0.4) is 0 Å². The summed E-state index contributed by atoms with van der Waals surface area (Å²) in [6, 6.07) is 0. The molecule has 2 N–H and O–H groups in total. The normalized spacial score (nSPS) is 27.1. The van der Waals surface area contributed by atoms with Crippen molar-refractivity contribution in [3.05, 3.63) is 12.7 Å². The van der Waals surface area contributed by atoms with Gasteiger partial charge in [0.2, 0.25) is 5.91 Å². The van der Waals surface area contributed by atoms with Crippen molar-refractivity contribution in [2.45, 2.75) is 44.0 Å². The molecule has 0 aliphatic carbocycles. The number of hydrogen-bond donors (Lipinski definition) is 2. The molecule has 0 bridgehead atoms. The second kappa shape index (κ2) is 6.50. The Morgan fingerprint density at radius 2 is 2.37 bits per heavy atom. The fraction of sp³-hybridized carbons (Fsp3) is 0.786. The van der Waals surface area contributed by atoms with Crippen LogP contribution in [0.1, 0.15) is 26.2 Å². The van der Waals surface area contributed by atoms with Crippen molar-refractivity contribution in [1.82, 2.24) is 10.6 Å². The summed E-state index contributed by atoms with van der Waals surface area (Å²) in [5, 5.41) is 6.08. The zero-order chi connectivity index (χ0) is 13.7. The molecule has 108 valence electrons. The molecule has 2 unspecified atom stereocenters. The second-order valence-corrected chi connectivity index (χ2v) is 5.38. The highest BCUT2D eigenvalue weighted by atomic mass is 16.6. The molecule has 5 heteroatoms. The largest absolute Gasteiger partial charge is 0.372 e. The van der Waals surface area contributed by atoms with Gasteiger partial charge in [-0.3, -0.25) is 4.79 Å². The smallest absolute Gasteiger partial charge is 0.249 e. The van der Waals surface area contributed by atoms with Gasteiger partial charge in [-0.1, -0.05) is 6.08 Å². The van der Waals surface area contributed by atoms with Crippen LogP contribution in [0, 0.1) is 0 Å². The van der Waals surface area contributed by atoms with Crippen molar-refractivity contribution in [2.75, 3.05) is 26.2 Å². The maximum atomic E-state index is 11.7. The average molecular weight is 268 g/mol. The molecule has 2 saturated heterocycles. The van der Waals surface area contributed by atoms with E-state index >= 15 is 0 Å². The number of amides is 1. The fourth-order valence-electron chi connectivity index (χ4n) is 2.79. The SMILES string of the molecule is C=CCNC(=O)C(C)OC1COC2(CCNCC2)C1. The van der Waals surface area contributed by atoms with Crippen molar-refractivity contribution in [3.63, 3.8) is 0 Å². The summed E-state index contributed by atoms with van der Waals surface area (Å²) in [4.78, 5) is 11.7. The highest BCUT2D eigenvalue weighted by Crippen LogP contribution is 2.35. The van der Waals surface area contributed by atoms with Crippen molar-refractivity contribution >= 4 is 5.91 Å². The van der Waals surface area contributed by atoms with Gasteiger partial charge in [0.15, 0.2) is 0 Å². The van der Waals surface area contributed by atoms with Gasteiger partial charge in [0.05, 0.1) is 18.3 Å². The Kier molecular flexibility index (Phi) is 4.96. The molecular weight excluding hydrogens is 244 g/mol. The van der Waals surface area contributed by atoms with E-state index in [1.807, 2.05) is 0 Å². The van der Waals surface area contributed by atoms with E-state index in [-0.39, 0.29) is 17.6 Å². The van der Waals surface area contributed by atoms with Gasteiger partial charge in [-0.25, -0.2) is 0 Å². The van der Waals surface area contributed by atoms with Crippen LogP contribution in [0.15, 0.2) is 12.7 Å². The van der Waals surface area contributed by atoms with Crippen LogP contribution < -0.4 is 10.6 Å². The van der Waals surface area contributed by atoms with E-state index in [1.54, 1.807) is 13.0 Å². The van der Waals surface area contributed by atoms with Crippen molar-refractivity contribution in [2.24, 2.45) is 0 Å². The van der Waals surface area contributed by atoms with E-state index in [2.05, 4.69) is 17.2 Å². The third-order valence-electron chi connectivity index (χ3n) is 3.88. The average Bonchev–Trinajstić information content (AvgIpc) is 2.79. The third-order valence-corrected chi connectivity index (χ3v) is 3.88. The third kappa shape index (κ3) is 3.78. The van der Waals surface area contributed by atoms with Gasteiger partial charge >= 0.3 is 0 Å². The van der Waals surface area contributed by atoms with Gasteiger partial charge in [0, 0.05) is 13.0 Å². The molecule has 2 aliphatic heterocycles. The van der Waals surface area contributed by atoms with Crippen molar-refractivity contribution in [1.29, 1.82) is 0 Å². The number of piperidine rings is 1. The first-order valence-electron chi connectivity index (χ1n) is 7.04. The van der Waals surface area contributed by atoms with Crippen LogP contribution in [0.5, 0.6) is 0 Å². The summed E-state index contributed by atoms with van der Waals surface area (Å²) < 4.78 is 11.7. The first-order chi connectivity index (χ1) is 9.15. The van der Waals surface area contributed by atoms with E-state index in [4.69, 9.17) is 9.47 Å². The molecule has 1 amide bonds. The molecule has 19 heavy (non-hydrogen) atoms. The molecule has 0 radical (unpaired) electrons. The van der Waals surface area contributed by atoms with E-state index in [1.165, 1.54) is 0 Å². The molecule has 0 aromatic rings. The van der Waals surface area contributed by atoms with Crippen LogP contribution in [0.2, 0.25) is 0 Å². The Morgan fingerprint density at radius 3 is 3.05 bits per heavy atom. The Labute approximate surface area is 114 Å². The van der Waals surface area contributed by atoms with E-state index in [0.29, 0.717) is 13.2 Å². The summed E-state index contributed by atoms with van der Waals surface area (Å²) >= 11 is 0. The molecular formula is C14H24N2O3. The summed E-state index contributed by atoms with van der Waals surface area (Å²) in [6.07, 6.45) is 4.21. The lowest BCUT2D eigenvalue weighted by molar-refractivity contribution is -0.135. The number of ether oxygens (including phenoxy) is 2. The molecule has 2 aliphatic rings. The molecule has 0 aromatic heterocycles. The molecule has 2 atom stereocenters. The highest BCUT2D eigenvalue weighted by Gasteiger charge is 2.42. The molecule has 2 fully saturated rings. The van der Waals surface area contributed by atoms with Crippen LogP contribution in [0.25, 0.3) is 0 Å². The molecule has 0 saturated carbocycles. The standard InChI is InChI=1S/C14H24N2O3/c1-3-6-16-13(17)11(2)19-12-9-14(18-10-12)4-7-15-8-5-14/h3,11-12,15H,1,4-10H2,2H3,(H,16,17). The number of rotatable bonds is 5. The quantitative estimate of drug-likeness (QED) is 0.717. The van der Waals surface area contributed by atoms with Crippen LogP contribution >= 0.6 is 0 Å². The van der Waals surface area contributed by atoms with E-state index in [9.17, 15) is 4.79 Å². The first kappa shape index (κ1) is 14.5. The van der Waals surface area contributed by atoms with Gasteiger partial charge < -0.3 is 20.1 Å². The fourth-order valence-corrected chi connectivity index (χ4v) is 2.79. The van der Waals surface area contributed by atoms with E-state index in [0.717, 1.165) is 32.4 Å². The summed E-state index contributed by atoms with van der Waals surface area (Å²) in [5.74, 6) is -0.0915. The Balaban J connectivity index is 1.77. The summed E-state index contributed by atoms with van der Waals surface area (Å²) in [6.45, 7) is 8.43. The first-order valence-corrected chi connectivity index (χ1v) is 7.04. The molecule has 2 rings (SSSR count). The highest BCUT2D eigenvalue weighted by molar-refractivity contribution is 5.80. The van der Waals surface area contributed by atoms with Crippen molar-refractivity contribution in [3.8, 4) is 0 Å². The maximum Gasteiger partial charge on any atom is 0.249 e. The zero-order valence-electron chi connectivity index (χ0n) is 11.6. The Morgan fingerprint density at radius 1 is 1.63 bits per heavy atom. The van der Waals surface area contributed by atoms with Gasteiger partial charge in [0.1, 0.15) is 6.10 Å². The van der Waals surface area contributed by atoms with Crippen LogP contribution in [0.4, 0.5) is 0 Å². The summed E-state index contributed by atoms with van der Waals surface area (Å²) in [7, 11) is 0. The lowest BCUT2D eigenvalue weighted by atomic mass is 9.89. The molecule has 5 nitrogen and oxygen atoms in total. The summed E-state index contributed by atoms with van der Waals surface area (Å²) in [5.41, 5.74) is -0.0206. The van der Waals surface area contributed by atoms with E-state index < -0.39 is 6.10 Å². The lowest BCUT2D eigenvalue weighted by Gasteiger charge is -2.32. The minimum absolute atomic E-state index is 0.0206. The number of hydrogen-bond acceptors (Lipinski definition) is 4. The number of nitrogens with one attached hydrogen (secondary N) is 2. The topological polar surface area (TPSA) is 59.6 Å². The van der Waals surface area contributed by atoms with Crippen molar-refractivity contribution < 1.29 is 14.3 Å². The predicted octanol–water partition coefficient (Wildman–Crippen LogP) is 0.605. The molecule has 1 spiro atoms. The monoisotopic (exact) mass is 268 g/mol. The molecule has 0 aromatic carbocycles. The number of carbonyl (C=O) groups excluding carboxylic acids is 1. The zero-order valence-corrected chi connectivity index (χ0v) is 11.6. The lowest BCUT2D eigenvalue weighted by Crippen LogP contribution is -2.42. The number of carbonyl (C=O) groups is 1.